The van der Waals surface area contributed by atoms with Crippen LogP contribution < -0.4 is 5.32 Å². The number of nitrogens with zero attached hydrogens (tertiary/aromatic N) is 1. The average molecular weight is 258 g/mol. The van der Waals surface area contributed by atoms with E-state index in [1.54, 1.807) is 26.2 Å². The van der Waals surface area contributed by atoms with Crippen LogP contribution in [0.5, 0.6) is 0 Å². The van der Waals surface area contributed by atoms with Gasteiger partial charge in [-0.15, -0.1) is 0 Å². The summed E-state index contributed by atoms with van der Waals surface area (Å²) in [6.07, 6.45) is 0.636. The highest BCUT2D eigenvalue weighted by molar-refractivity contribution is 7.03. The summed E-state index contributed by atoms with van der Waals surface area (Å²) in [7, 11) is 0. The van der Waals surface area contributed by atoms with Gasteiger partial charge in [-0.1, -0.05) is 0 Å². The second-order valence-corrected chi connectivity index (χ2v) is 5.03. The van der Waals surface area contributed by atoms with Crippen molar-refractivity contribution in [2.24, 2.45) is 0 Å². The quantitative estimate of drug-likeness (QED) is 0.862. The molecule has 6 nitrogen and oxygen atoms in total. The molecule has 1 unspecified atom stereocenters. The van der Waals surface area contributed by atoms with E-state index in [2.05, 4.69) is 9.69 Å². The lowest BCUT2D eigenvalue weighted by Crippen LogP contribution is -2.37. The first kappa shape index (κ1) is 13.4. The molecule has 1 aromatic rings. The summed E-state index contributed by atoms with van der Waals surface area (Å²) in [4.78, 5) is 22.5. The van der Waals surface area contributed by atoms with Gasteiger partial charge in [0, 0.05) is 17.1 Å². The maximum Gasteiger partial charge on any atom is 0.408 e. The Labute approximate surface area is 103 Å². The Morgan fingerprint density at radius 1 is 1.53 bits per heavy atom. The summed E-state index contributed by atoms with van der Waals surface area (Å²) in [6.45, 7) is 5.11. The molecule has 1 aromatic heterocycles. The summed E-state index contributed by atoms with van der Waals surface area (Å²) in [6, 6.07) is -1.14. The number of hydrogen-bond donors (Lipinski definition) is 2. The van der Waals surface area contributed by atoms with Gasteiger partial charge in [0.05, 0.1) is 0 Å². The number of rotatable bonds is 3. The molecule has 2 N–H and O–H groups in total. The van der Waals surface area contributed by atoms with Crippen LogP contribution in [0.3, 0.4) is 0 Å². The van der Waals surface area contributed by atoms with Gasteiger partial charge < -0.3 is 15.2 Å². The third-order valence-electron chi connectivity index (χ3n) is 1.69. The van der Waals surface area contributed by atoms with Crippen LogP contribution in [0, 0.1) is 0 Å². The molecule has 0 aliphatic heterocycles. The number of aromatic nitrogens is 1. The first-order chi connectivity index (χ1) is 7.79. The average Bonchev–Trinajstić information content (AvgIpc) is 2.63. The molecule has 1 rings (SSSR count). The zero-order valence-corrected chi connectivity index (χ0v) is 10.6. The first-order valence-corrected chi connectivity index (χ1v) is 5.75. The molecule has 0 fully saturated rings. The number of nitrogens with one attached hydrogen (secondary N) is 1. The van der Waals surface area contributed by atoms with Crippen LogP contribution in [0.15, 0.2) is 11.6 Å². The highest BCUT2D eigenvalue weighted by atomic mass is 32.1. The van der Waals surface area contributed by atoms with Crippen molar-refractivity contribution in [2.45, 2.75) is 32.4 Å². The number of ether oxygens (including phenoxy) is 1. The van der Waals surface area contributed by atoms with Gasteiger partial charge >= 0.3 is 12.1 Å². The van der Waals surface area contributed by atoms with Crippen molar-refractivity contribution in [1.82, 2.24) is 9.69 Å². The molecule has 1 atom stereocenters. The van der Waals surface area contributed by atoms with Crippen LogP contribution >= 0.6 is 11.5 Å². The van der Waals surface area contributed by atoms with E-state index in [0.29, 0.717) is 5.56 Å². The Balaban J connectivity index is 2.69. The summed E-state index contributed by atoms with van der Waals surface area (Å²) in [5, 5.41) is 12.8. The van der Waals surface area contributed by atoms with Crippen molar-refractivity contribution in [2.75, 3.05) is 0 Å². The Bertz CT molecular complexity index is 397. The Kier molecular flexibility index (Phi) is 4.06. The largest absolute Gasteiger partial charge is 0.479 e. The fourth-order valence-corrected chi connectivity index (χ4v) is 1.63. The minimum atomic E-state index is -1.16. The number of hydrogen-bond acceptors (Lipinski definition) is 5. The van der Waals surface area contributed by atoms with Crippen molar-refractivity contribution >= 4 is 23.6 Å². The number of carbonyl (C=O) groups is 2. The molecule has 0 saturated heterocycles. The van der Waals surface area contributed by atoms with Crippen molar-refractivity contribution in [3.63, 3.8) is 0 Å². The predicted molar refractivity (Wildman–Crippen MR) is 61.9 cm³/mol. The zero-order valence-electron chi connectivity index (χ0n) is 9.76. The number of amides is 1. The van der Waals surface area contributed by atoms with Crippen molar-refractivity contribution < 1.29 is 19.4 Å². The zero-order chi connectivity index (χ0) is 13.1. The summed E-state index contributed by atoms with van der Waals surface area (Å²) < 4.78 is 8.78. The second-order valence-electron chi connectivity index (χ2n) is 4.38. The molecule has 0 radical (unpaired) electrons. The Morgan fingerprint density at radius 2 is 2.18 bits per heavy atom. The van der Waals surface area contributed by atoms with Crippen LogP contribution in [0.1, 0.15) is 32.4 Å². The van der Waals surface area contributed by atoms with Crippen LogP contribution in [-0.2, 0) is 9.53 Å². The number of aliphatic carboxylic acids is 1. The molecule has 17 heavy (non-hydrogen) atoms. The Hall–Kier alpha value is -1.63. The van der Waals surface area contributed by atoms with Gasteiger partial charge in [-0.3, -0.25) is 0 Å². The first-order valence-electron chi connectivity index (χ1n) is 4.91. The monoisotopic (exact) mass is 258 g/mol. The standard InChI is InChI=1S/C10H14N2O4S/c1-10(2,3)16-9(15)12-7(8(13)14)6-4-11-17-5-6/h4-5,7H,1-3H3,(H,12,15)(H,13,14). The molecule has 0 aliphatic rings. The van der Waals surface area contributed by atoms with Crippen LogP contribution in [0.2, 0.25) is 0 Å². The lowest BCUT2D eigenvalue weighted by Gasteiger charge is -2.21. The SMILES string of the molecule is CC(C)(C)OC(=O)NC(C(=O)O)c1cnsc1. The molecule has 7 heteroatoms. The van der Waals surface area contributed by atoms with Gasteiger partial charge in [0.15, 0.2) is 6.04 Å². The number of carboxylic acids is 1. The van der Waals surface area contributed by atoms with Gasteiger partial charge in [-0.2, -0.15) is 0 Å². The van der Waals surface area contributed by atoms with Crippen LogP contribution in [0.25, 0.3) is 0 Å². The van der Waals surface area contributed by atoms with E-state index >= 15 is 0 Å². The Morgan fingerprint density at radius 3 is 2.59 bits per heavy atom. The fraction of sp³-hybridized carbons (Fsp3) is 0.500. The summed E-state index contributed by atoms with van der Waals surface area (Å²) in [5.41, 5.74) is -0.242. The fourth-order valence-electron chi connectivity index (χ4n) is 1.07. The topological polar surface area (TPSA) is 88.5 Å². The van der Waals surface area contributed by atoms with Crippen molar-refractivity contribution in [1.29, 1.82) is 0 Å². The maximum atomic E-state index is 11.5. The van der Waals surface area contributed by atoms with Crippen LogP contribution in [-0.4, -0.2) is 27.1 Å². The van der Waals surface area contributed by atoms with E-state index in [-0.39, 0.29) is 0 Å². The van der Waals surface area contributed by atoms with E-state index in [9.17, 15) is 9.59 Å². The molecule has 94 valence electrons. The van der Waals surface area contributed by atoms with E-state index in [1.807, 2.05) is 0 Å². The highest BCUT2D eigenvalue weighted by Gasteiger charge is 2.25. The third-order valence-corrected chi connectivity index (χ3v) is 2.30. The van der Waals surface area contributed by atoms with E-state index < -0.39 is 23.7 Å². The summed E-state index contributed by atoms with van der Waals surface area (Å²) >= 11 is 1.12. The number of carbonyl (C=O) groups excluding carboxylic acids is 1. The smallest absolute Gasteiger partial charge is 0.408 e. The summed E-state index contributed by atoms with van der Waals surface area (Å²) in [5.74, 6) is -1.16. The number of carboxylic acid groups (broad SMARTS) is 1. The lowest BCUT2D eigenvalue weighted by molar-refractivity contribution is -0.139. The minimum Gasteiger partial charge on any atom is -0.479 e. The van der Waals surface area contributed by atoms with Gasteiger partial charge in [0.25, 0.3) is 0 Å². The van der Waals surface area contributed by atoms with Crippen LogP contribution in [0.4, 0.5) is 4.79 Å². The molecule has 0 aromatic carbocycles. The normalized spacial score (nSPS) is 12.9. The van der Waals surface area contributed by atoms with Gasteiger partial charge in [0.1, 0.15) is 5.60 Å². The molecule has 0 aliphatic carbocycles. The molecular formula is C10H14N2O4S. The molecule has 1 amide bonds. The second kappa shape index (κ2) is 5.13. The maximum absolute atomic E-state index is 11.5. The molecule has 0 spiro atoms. The van der Waals surface area contributed by atoms with E-state index in [4.69, 9.17) is 9.84 Å². The van der Waals surface area contributed by atoms with E-state index in [1.165, 1.54) is 6.20 Å². The third kappa shape index (κ3) is 4.39. The minimum absolute atomic E-state index is 0.424. The van der Waals surface area contributed by atoms with E-state index in [0.717, 1.165) is 11.5 Å². The highest BCUT2D eigenvalue weighted by Crippen LogP contribution is 2.15. The van der Waals surface area contributed by atoms with Gasteiger partial charge in [-0.25, -0.2) is 14.0 Å². The van der Waals surface area contributed by atoms with Gasteiger partial charge in [0.2, 0.25) is 0 Å². The van der Waals surface area contributed by atoms with Crippen molar-refractivity contribution in [3.05, 3.63) is 17.1 Å². The molecule has 0 saturated carbocycles. The van der Waals surface area contributed by atoms with Crippen molar-refractivity contribution in [3.8, 4) is 0 Å². The number of alkyl carbamates (subject to hydrolysis) is 1. The molecule has 1 heterocycles. The molecular weight excluding hydrogens is 244 g/mol. The predicted octanol–water partition coefficient (Wildman–Crippen LogP) is 1.79. The molecule has 0 bridgehead atoms. The lowest BCUT2D eigenvalue weighted by atomic mass is 10.2. The van der Waals surface area contributed by atoms with Gasteiger partial charge in [-0.05, 0) is 32.3 Å².